The SMILES string of the molecule is O=C(O)C(=Cc1ccccc1)N1CC(NC(=O)C(=NO)c2ccccc2)C1=O. The van der Waals surface area contributed by atoms with Crippen molar-refractivity contribution in [3.05, 3.63) is 77.5 Å². The minimum absolute atomic E-state index is 0.00301. The first-order valence-electron chi connectivity index (χ1n) is 8.41. The van der Waals surface area contributed by atoms with Gasteiger partial charge in [-0.2, -0.15) is 0 Å². The van der Waals surface area contributed by atoms with Gasteiger partial charge in [-0.1, -0.05) is 65.8 Å². The van der Waals surface area contributed by atoms with Crippen molar-refractivity contribution in [1.82, 2.24) is 10.2 Å². The highest BCUT2D eigenvalue weighted by atomic mass is 16.4. The van der Waals surface area contributed by atoms with Gasteiger partial charge < -0.3 is 20.5 Å². The predicted molar refractivity (Wildman–Crippen MR) is 100 cm³/mol. The molecule has 1 aliphatic rings. The first-order valence-corrected chi connectivity index (χ1v) is 8.41. The number of β-lactam (4-membered cyclic amide) rings is 1. The van der Waals surface area contributed by atoms with Crippen molar-refractivity contribution in [3.8, 4) is 0 Å². The molecule has 2 amide bonds. The van der Waals surface area contributed by atoms with Crippen LogP contribution >= 0.6 is 0 Å². The predicted octanol–water partition coefficient (Wildman–Crippen LogP) is 1.32. The summed E-state index contributed by atoms with van der Waals surface area (Å²) in [5, 5.41) is 24.0. The molecule has 2 aromatic carbocycles. The Morgan fingerprint density at radius 1 is 1.07 bits per heavy atom. The number of carbonyl (C=O) groups is 3. The molecule has 0 spiro atoms. The largest absolute Gasteiger partial charge is 0.477 e. The highest BCUT2D eigenvalue weighted by molar-refractivity contribution is 6.45. The number of oxime groups is 1. The molecule has 3 rings (SSSR count). The molecule has 0 saturated carbocycles. The van der Waals surface area contributed by atoms with E-state index in [9.17, 15) is 19.5 Å². The number of hydrogen-bond acceptors (Lipinski definition) is 5. The zero-order valence-electron chi connectivity index (χ0n) is 14.6. The standard InChI is InChI=1S/C20H17N3O5/c24-18(17(22-28)14-9-5-2-6-10-14)21-15-12-23(19(15)25)16(20(26)27)11-13-7-3-1-4-8-13/h1-11,15,28H,12H2,(H,21,24)(H,26,27). The Morgan fingerprint density at radius 3 is 2.21 bits per heavy atom. The molecule has 1 aliphatic heterocycles. The van der Waals surface area contributed by atoms with Crippen LogP contribution in [0.1, 0.15) is 11.1 Å². The third-order valence-corrected chi connectivity index (χ3v) is 4.21. The molecular formula is C20H17N3O5. The Balaban J connectivity index is 1.70. The quantitative estimate of drug-likeness (QED) is 0.230. The second-order valence-corrected chi connectivity index (χ2v) is 6.03. The van der Waals surface area contributed by atoms with Crippen molar-refractivity contribution in [2.75, 3.05) is 6.54 Å². The van der Waals surface area contributed by atoms with Crippen LogP contribution in [0.4, 0.5) is 0 Å². The lowest BCUT2D eigenvalue weighted by Crippen LogP contribution is -2.64. The summed E-state index contributed by atoms with van der Waals surface area (Å²) < 4.78 is 0. The van der Waals surface area contributed by atoms with Gasteiger partial charge in [0.15, 0.2) is 5.71 Å². The van der Waals surface area contributed by atoms with Crippen molar-refractivity contribution in [2.24, 2.45) is 5.16 Å². The number of carboxylic acids is 1. The maximum atomic E-state index is 12.4. The van der Waals surface area contributed by atoms with E-state index < -0.39 is 23.8 Å². The Bertz CT molecular complexity index is 954. The lowest BCUT2D eigenvalue weighted by Gasteiger charge is -2.38. The third kappa shape index (κ3) is 3.90. The van der Waals surface area contributed by atoms with Crippen LogP contribution < -0.4 is 5.32 Å². The third-order valence-electron chi connectivity index (χ3n) is 4.21. The van der Waals surface area contributed by atoms with Gasteiger partial charge in [0.05, 0.1) is 6.54 Å². The first-order chi connectivity index (χ1) is 13.5. The smallest absolute Gasteiger partial charge is 0.352 e. The number of benzene rings is 2. The molecule has 0 aromatic heterocycles. The number of nitrogens with one attached hydrogen (secondary N) is 1. The number of nitrogens with zero attached hydrogens (tertiary/aromatic N) is 2. The number of aliphatic carboxylic acids is 1. The van der Waals surface area contributed by atoms with Crippen molar-refractivity contribution in [1.29, 1.82) is 0 Å². The highest BCUT2D eigenvalue weighted by Gasteiger charge is 2.42. The van der Waals surface area contributed by atoms with Crippen LogP contribution in [0.5, 0.6) is 0 Å². The van der Waals surface area contributed by atoms with Crippen molar-refractivity contribution < 1.29 is 24.7 Å². The van der Waals surface area contributed by atoms with Gasteiger partial charge >= 0.3 is 5.97 Å². The molecule has 8 nitrogen and oxygen atoms in total. The Hall–Kier alpha value is -3.94. The van der Waals surface area contributed by atoms with Crippen LogP contribution in [0.3, 0.4) is 0 Å². The minimum Gasteiger partial charge on any atom is -0.477 e. The molecule has 0 radical (unpaired) electrons. The van der Waals surface area contributed by atoms with E-state index in [4.69, 9.17) is 5.21 Å². The van der Waals surface area contributed by atoms with Crippen molar-refractivity contribution >= 4 is 29.6 Å². The summed E-state index contributed by atoms with van der Waals surface area (Å²) in [5.74, 6) is -2.53. The van der Waals surface area contributed by atoms with Crippen molar-refractivity contribution in [2.45, 2.75) is 6.04 Å². The van der Waals surface area contributed by atoms with E-state index in [1.165, 1.54) is 6.08 Å². The molecule has 28 heavy (non-hydrogen) atoms. The van der Waals surface area contributed by atoms with Crippen LogP contribution in [-0.2, 0) is 14.4 Å². The summed E-state index contributed by atoms with van der Waals surface area (Å²) >= 11 is 0. The van der Waals surface area contributed by atoms with E-state index >= 15 is 0 Å². The molecule has 1 atom stereocenters. The molecule has 142 valence electrons. The molecule has 1 unspecified atom stereocenters. The molecule has 0 bridgehead atoms. The maximum absolute atomic E-state index is 12.4. The number of hydrogen-bond donors (Lipinski definition) is 3. The van der Waals surface area contributed by atoms with Gasteiger partial charge in [0.1, 0.15) is 11.7 Å². The zero-order valence-corrected chi connectivity index (χ0v) is 14.6. The average Bonchev–Trinajstić information content (AvgIpc) is 2.71. The molecule has 1 heterocycles. The first kappa shape index (κ1) is 18.8. The summed E-state index contributed by atoms with van der Waals surface area (Å²) in [5.41, 5.74) is 0.617. The summed E-state index contributed by atoms with van der Waals surface area (Å²) in [4.78, 5) is 37.3. The van der Waals surface area contributed by atoms with Crippen molar-refractivity contribution in [3.63, 3.8) is 0 Å². The van der Waals surface area contributed by atoms with Crippen LogP contribution in [0.25, 0.3) is 6.08 Å². The van der Waals surface area contributed by atoms with Crippen LogP contribution in [0, 0.1) is 0 Å². The zero-order chi connectivity index (χ0) is 20.1. The Labute approximate surface area is 160 Å². The number of amides is 2. The number of carbonyl (C=O) groups excluding carboxylic acids is 2. The second kappa shape index (κ2) is 8.17. The van der Waals surface area contributed by atoms with Gasteiger partial charge in [-0.15, -0.1) is 0 Å². The topological polar surface area (TPSA) is 119 Å². The van der Waals surface area contributed by atoms with Gasteiger partial charge in [0, 0.05) is 5.56 Å². The molecule has 1 saturated heterocycles. The fourth-order valence-corrected chi connectivity index (χ4v) is 2.77. The molecule has 8 heteroatoms. The molecule has 3 N–H and O–H groups in total. The van der Waals surface area contributed by atoms with Gasteiger partial charge in [-0.25, -0.2) is 4.79 Å². The van der Waals surface area contributed by atoms with Crippen LogP contribution in [0.2, 0.25) is 0 Å². The average molecular weight is 379 g/mol. The van der Waals surface area contributed by atoms with Gasteiger partial charge in [-0.05, 0) is 11.6 Å². The van der Waals surface area contributed by atoms with E-state index in [1.54, 1.807) is 60.7 Å². The fraction of sp³-hybridized carbons (Fsp3) is 0.100. The second-order valence-electron chi connectivity index (χ2n) is 6.03. The molecule has 1 fully saturated rings. The van der Waals surface area contributed by atoms with E-state index in [-0.39, 0.29) is 18.0 Å². The molecular weight excluding hydrogens is 362 g/mol. The fourth-order valence-electron chi connectivity index (χ4n) is 2.77. The highest BCUT2D eigenvalue weighted by Crippen LogP contribution is 2.20. The monoisotopic (exact) mass is 379 g/mol. The van der Waals surface area contributed by atoms with Gasteiger partial charge in [0.2, 0.25) is 0 Å². The normalized spacial score (nSPS) is 17.1. The van der Waals surface area contributed by atoms with E-state index in [1.807, 2.05) is 0 Å². The lowest BCUT2D eigenvalue weighted by molar-refractivity contribution is -0.148. The molecule has 2 aromatic rings. The van der Waals surface area contributed by atoms with Gasteiger partial charge in [-0.3, -0.25) is 9.59 Å². The number of carboxylic acid groups (broad SMARTS) is 1. The lowest BCUT2D eigenvalue weighted by atomic mass is 10.0. The summed E-state index contributed by atoms with van der Waals surface area (Å²) in [7, 11) is 0. The number of likely N-dealkylation sites (tertiary alicyclic amines) is 1. The van der Waals surface area contributed by atoms with Crippen LogP contribution in [-0.4, -0.2) is 51.3 Å². The summed E-state index contributed by atoms with van der Waals surface area (Å²) in [6.45, 7) is 0.00301. The number of rotatable bonds is 6. The minimum atomic E-state index is -1.25. The van der Waals surface area contributed by atoms with Crippen LogP contribution in [0.15, 0.2) is 71.5 Å². The van der Waals surface area contributed by atoms with E-state index in [2.05, 4.69) is 10.5 Å². The maximum Gasteiger partial charge on any atom is 0.352 e. The molecule has 0 aliphatic carbocycles. The van der Waals surface area contributed by atoms with E-state index in [0.717, 1.165) is 4.90 Å². The Morgan fingerprint density at radius 2 is 1.68 bits per heavy atom. The summed E-state index contributed by atoms with van der Waals surface area (Å²) in [6, 6.07) is 16.1. The van der Waals surface area contributed by atoms with Gasteiger partial charge in [0.25, 0.3) is 11.8 Å². The summed E-state index contributed by atoms with van der Waals surface area (Å²) in [6.07, 6.45) is 1.39. The van der Waals surface area contributed by atoms with E-state index in [0.29, 0.717) is 11.1 Å². The Kier molecular flexibility index (Phi) is 5.50.